The van der Waals surface area contributed by atoms with E-state index < -0.39 is 21.0 Å². The summed E-state index contributed by atoms with van der Waals surface area (Å²) < 4.78 is 38.2. The van der Waals surface area contributed by atoms with Gasteiger partial charge in [0, 0.05) is 0 Å². The van der Waals surface area contributed by atoms with Crippen LogP contribution in [0.3, 0.4) is 0 Å². The minimum Gasteiger partial charge on any atom is -0.744 e. The summed E-state index contributed by atoms with van der Waals surface area (Å²) in [5.74, 6) is -0.844. The molecule has 0 heterocycles. The van der Waals surface area contributed by atoms with Gasteiger partial charge in [0.05, 0.1) is 10.5 Å². The van der Waals surface area contributed by atoms with E-state index in [9.17, 15) is 17.8 Å². The van der Waals surface area contributed by atoms with E-state index in [-0.39, 0.29) is 41.7 Å². The van der Waals surface area contributed by atoms with Crippen LogP contribution in [0.1, 0.15) is 15.9 Å². The van der Waals surface area contributed by atoms with Crippen LogP contribution >= 0.6 is 0 Å². The minimum absolute atomic E-state index is 0. The van der Waals surface area contributed by atoms with Crippen molar-refractivity contribution in [1.29, 1.82) is 0 Å². The number of hydrogen-bond donors (Lipinski definition) is 0. The number of rotatable bonds is 4. The quantitative estimate of drug-likeness (QED) is 0.409. The molecular weight excluding hydrogens is 303 g/mol. The van der Waals surface area contributed by atoms with Gasteiger partial charge in [-0.3, -0.25) is 0 Å². The van der Waals surface area contributed by atoms with Crippen LogP contribution in [-0.4, -0.2) is 18.9 Å². The molecule has 0 saturated carbocycles. The molecule has 0 N–H and O–H groups in total. The Morgan fingerprint density at radius 2 is 1.57 bits per heavy atom. The van der Waals surface area contributed by atoms with Gasteiger partial charge >= 0.3 is 35.5 Å². The summed E-state index contributed by atoms with van der Waals surface area (Å²) >= 11 is 0. The number of hydrogen-bond acceptors (Lipinski definition) is 5. The first-order chi connectivity index (χ1) is 9.48. The molecule has 0 aliphatic carbocycles. The fourth-order valence-electron chi connectivity index (χ4n) is 1.65. The second kappa shape index (κ2) is 7.72. The Morgan fingerprint density at radius 1 is 1.00 bits per heavy atom. The average molecular weight is 314 g/mol. The van der Waals surface area contributed by atoms with Crippen molar-refractivity contribution in [2.75, 3.05) is 0 Å². The van der Waals surface area contributed by atoms with Gasteiger partial charge < -0.3 is 9.29 Å². The predicted molar refractivity (Wildman–Crippen MR) is 70.0 cm³/mol. The zero-order valence-electron chi connectivity index (χ0n) is 11.4. The summed E-state index contributed by atoms with van der Waals surface area (Å²) in [6.07, 6.45) is 0. The first kappa shape index (κ1) is 17.9. The summed E-state index contributed by atoms with van der Waals surface area (Å²) in [5.41, 5.74) is 0.516. The van der Waals surface area contributed by atoms with Crippen molar-refractivity contribution in [3.05, 3.63) is 65.7 Å². The largest absolute Gasteiger partial charge is 1.00 e. The maximum absolute atomic E-state index is 11.9. The third-order valence-electron chi connectivity index (χ3n) is 2.59. The Hall–Kier alpha value is -1.18. The van der Waals surface area contributed by atoms with E-state index in [0.29, 0.717) is 0 Å². The standard InChI is InChI=1S/C14H12O5S.Na/c15-14(19-10-11-6-2-1-3-7-11)12-8-4-5-9-13(12)20(16,17)18;/h1-9H,10H2,(H,16,17,18);/q;+1/p-1. The molecule has 0 bridgehead atoms. The van der Waals surface area contributed by atoms with E-state index in [4.69, 9.17) is 4.74 Å². The molecule has 0 amide bonds. The second-order valence-corrected chi connectivity index (χ2v) is 5.36. The molecule has 7 heteroatoms. The van der Waals surface area contributed by atoms with Crippen molar-refractivity contribution >= 4 is 16.1 Å². The monoisotopic (exact) mass is 314 g/mol. The van der Waals surface area contributed by atoms with Crippen molar-refractivity contribution in [1.82, 2.24) is 0 Å². The van der Waals surface area contributed by atoms with Crippen LogP contribution in [0.4, 0.5) is 0 Å². The first-order valence-corrected chi connectivity index (χ1v) is 7.15. The molecule has 2 rings (SSSR count). The van der Waals surface area contributed by atoms with Crippen LogP contribution in [0.2, 0.25) is 0 Å². The Balaban J connectivity index is 0.00000220. The smallest absolute Gasteiger partial charge is 0.744 e. The predicted octanol–water partition coefficient (Wildman–Crippen LogP) is -1.05. The summed E-state index contributed by atoms with van der Waals surface area (Å²) in [6.45, 7) is 0.00686. The van der Waals surface area contributed by atoms with Crippen LogP contribution in [0.15, 0.2) is 59.5 Å². The molecule has 21 heavy (non-hydrogen) atoms. The van der Waals surface area contributed by atoms with Crippen LogP contribution in [-0.2, 0) is 21.5 Å². The molecule has 0 unspecified atom stereocenters. The zero-order valence-corrected chi connectivity index (χ0v) is 14.2. The Labute approximate surface area is 145 Å². The van der Waals surface area contributed by atoms with Gasteiger partial charge in [0.1, 0.15) is 16.7 Å². The molecular formula is C14H11NaO5S. The van der Waals surface area contributed by atoms with Gasteiger partial charge in [-0.25, -0.2) is 13.2 Å². The maximum Gasteiger partial charge on any atom is 1.00 e. The van der Waals surface area contributed by atoms with E-state index >= 15 is 0 Å². The topological polar surface area (TPSA) is 83.5 Å². The van der Waals surface area contributed by atoms with Crippen LogP contribution in [0.5, 0.6) is 0 Å². The molecule has 0 saturated heterocycles. The molecule has 0 spiro atoms. The molecule has 0 aliphatic rings. The molecule has 2 aromatic carbocycles. The van der Waals surface area contributed by atoms with E-state index in [1.807, 2.05) is 6.07 Å². The van der Waals surface area contributed by atoms with Crippen molar-refractivity contribution in [3.8, 4) is 0 Å². The van der Waals surface area contributed by atoms with E-state index in [1.165, 1.54) is 18.2 Å². The molecule has 0 radical (unpaired) electrons. The average Bonchev–Trinajstić information content (AvgIpc) is 2.45. The van der Waals surface area contributed by atoms with Crippen LogP contribution in [0.25, 0.3) is 0 Å². The Kier molecular flexibility index (Phi) is 6.57. The minimum atomic E-state index is -4.71. The molecule has 0 aromatic heterocycles. The number of carbonyl (C=O) groups excluding carboxylic acids is 1. The van der Waals surface area contributed by atoms with Gasteiger partial charge in [0.25, 0.3) is 0 Å². The summed E-state index contributed by atoms with van der Waals surface area (Å²) in [5, 5.41) is 0. The van der Waals surface area contributed by atoms with E-state index in [2.05, 4.69) is 0 Å². The fourth-order valence-corrected chi connectivity index (χ4v) is 2.32. The van der Waals surface area contributed by atoms with Gasteiger partial charge in [-0.1, -0.05) is 42.5 Å². The van der Waals surface area contributed by atoms with E-state index in [1.54, 1.807) is 24.3 Å². The third kappa shape index (κ3) is 4.94. The second-order valence-electron chi connectivity index (χ2n) is 4.01. The van der Waals surface area contributed by atoms with Crippen molar-refractivity contribution in [2.24, 2.45) is 0 Å². The van der Waals surface area contributed by atoms with E-state index in [0.717, 1.165) is 11.6 Å². The Bertz CT molecular complexity index is 713. The zero-order chi connectivity index (χ0) is 14.6. The number of carbonyl (C=O) groups is 1. The molecule has 5 nitrogen and oxygen atoms in total. The van der Waals surface area contributed by atoms with Crippen LogP contribution < -0.4 is 29.6 Å². The third-order valence-corrected chi connectivity index (χ3v) is 3.48. The summed E-state index contributed by atoms with van der Waals surface area (Å²) in [7, 11) is -4.71. The van der Waals surface area contributed by atoms with Gasteiger partial charge in [-0.05, 0) is 17.7 Å². The first-order valence-electron chi connectivity index (χ1n) is 5.74. The molecule has 2 aromatic rings. The summed E-state index contributed by atoms with van der Waals surface area (Å²) in [6, 6.07) is 14.1. The Morgan fingerprint density at radius 3 is 2.19 bits per heavy atom. The van der Waals surface area contributed by atoms with Crippen molar-refractivity contribution < 1.29 is 52.1 Å². The van der Waals surface area contributed by atoms with Gasteiger partial charge in [-0.2, -0.15) is 0 Å². The maximum atomic E-state index is 11.9. The molecule has 0 fully saturated rings. The molecule has 0 aliphatic heterocycles. The van der Waals surface area contributed by atoms with Crippen molar-refractivity contribution in [2.45, 2.75) is 11.5 Å². The fraction of sp³-hybridized carbons (Fsp3) is 0.0714. The van der Waals surface area contributed by atoms with Gasteiger partial charge in [0.15, 0.2) is 0 Å². The SMILES string of the molecule is O=C(OCc1ccccc1)c1ccccc1S(=O)(=O)[O-].[Na+]. The normalized spacial score (nSPS) is 10.5. The number of benzene rings is 2. The number of esters is 1. The van der Waals surface area contributed by atoms with Gasteiger partial charge in [-0.15, -0.1) is 0 Å². The number of ether oxygens (including phenoxy) is 1. The van der Waals surface area contributed by atoms with Crippen molar-refractivity contribution in [3.63, 3.8) is 0 Å². The summed E-state index contributed by atoms with van der Waals surface area (Å²) in [4.78, 5) is 11.3. The van der Waals surface area contributed by atoms with Crippen LogP contribution in [0, 0.1) is 0 Å². The molecule has 0 atom stereocenters. The molecule has 104 valence electrons. The van der Waals surface area contributed by atoms with Gasteiger partial charge in [0.2, 0.25) is 0 Å².